The number of hydrogen-bond donors (Lipinski definition) is 1. The number of hydrogen-bond acceptors (Lipinski definition) is 2. The molecular weight excluding hydrogens is 232 g/mol. The van der Waals surface area contributed by atoms with Gasteiger partial charge in [-0.25, -0.2) is 0 Å². The molecule has 1 aliphatic heterocycles. The standard InChI is InChI=1S/C17H28N2/c1-12-9-13(2)16(14(3)10-12)19-8-6-7-15(11-18)17(19,4)5/h9-10,15H,6-8,11,18H2,1-5H3. The van der Waals surface area contributed by atoms with E-state index in [9.17, 15) is 0 Å². The molecule has 0 radical (unpaired) electrons. The van der Waals surface area contributed by atoms with E-state index >= 15 is 0 Å². The Labute approximate surface area is 118 Å². The Kier molecular flexibility index (Phi) is 3.91. The van der Waals surface area contributed by atoms with Gasteiger partial charge in [-0.3, -0.25) is 0 Å². The number of benzene rings is 1. The smallest absolute Gasteiger partial charge is 0.0430 e. The third-order valence-electron chi connectivity index (χ3n) is 4.82. The molecule has 2 rings (SSSR count). The summed E-state index contributed by atoms with van der Waals surface area (Å²) in [5.74, 6) is 0.585. The summed E-state index contributed by atoms with van der Waals surface area (Å²) in [6, 6.07) is 4.59. The maximum absolute atomic E-state index is 5.99. The third-order valence-corrected chi connectivity index (χ3v) is 4.82. The van der Waals surface area contributed by atoms with Crippen LogP contribution >= 0.6 is 0 Å². The highest BCUT2D eigenvalue weighted by Crippen LogP contribution is 2.39. The van der Waals surface area contributed by atoms with Gasteiger partial charge in [0.1, 0.15) is 0 Å². The molecule has 1 aliphatic rings. The van der Waals surface area contributed by atoms with E-state index < -0.39 is 0 Å². The quantitative estimate of drug-likeness (QED) is 0.881. The molecule has 2 heteroatoms. The van der Waals surface area contributed by atoms with E-state index in [1.165, 1.54) is 35.2 Å². The lowest BCUT2D eigenvalue weighted by molar-refractivity contribution is 0.244. The van der Waals surface area contributed by atoms with E-state index in [4.69, 9.17) is 5.73 Å². The molecule has 106 valence electrons. The zero-order chi connectivity index (χ0) is 14.2. The summed E-state index contributed by atoms with van der Waals surface area (Å²) in [6.45, 7) is 13.3. The van der Waals surface area contributed by atoms with Crippen LogP contribution in [0, 0.1) is 26.7 Å². The molecule has 2 nitrogen and oxygen atoms in total. The van der Waals surface area contributed by atoms with E-state index in [1.807, 2.05) is 0 Å². The van der Waals surface area contributed by atoms with Crippen LogP contribution in [-0.4, -0.2) is 18.6 Å². The summed E-state index contributed by atoms with van der Waals surface area (Å²) < 4.78 is 0. The number of piperidine rings is 1. The zero-order valence-corrected chi connectivity index (χ0v) is 13.1. The predicted molar refractivity (Wildman–Crippen MR) is 83.9 cm³/mol. The Bertz CT molecular complexity index is 439. The summed E-state index contributed by atoms with van der Waals surface area (Å²) >= 11 is 0. The fourth-order valence-corrected chi connectivity index (χ4v) is 3.76. The molecule has 0 aromatic heterocycles. The first kappa shape index (κ1) is 14.4. The van der Waals surface area contributed by atoms with Gasteiger partial charge in [-0.15, -0.1) is 0 Å². The topological polar surface area (TPSA) is 29.3 Å². The molecule has 0 bridgehead atoms. The van der Waals surface area contributed by atoms with Gasteiger partial charge in [0.25, 0.3) is 0 Å². The molecule has 1 aromatic rings. The van der Waals surface area contributed by atoms with Crippen molar-refractivity contribution >= 4 is 5.69 Å². The summed E-state index contributed by atoms with van der Waals surface area (Å²) in [5, 5.41) is 0. The highest BCUT2D eigenvalue weighted by molar-refractivity contribution is 5.62. The van der Waals surface area contributed by atoms with Crippen molar-refractivity contribution in [2.24, 2.45) is 11.7 Å². The lowest BCUT2D eigenvalue weighted by Crippen LogP contribution is -2.56. The fraction of sp³-hybridized carbons (Fsp3) is 0.647. The van der Waals surface area contributed by atoms with Gasteiger partial charge in [-0.2, -0.15) is 0 Å². The van der Waals surface area contributed by atoms with Gasteiger partial charge in [-0.1, -0.05) is 17.7 Å². The summed E-state index contributed by atoms with van der Waals surface area (Å²) in [4.78, 5) is 2.60. The molecule has 1 heterocycles. The summed E-state index contributed by atoms with van der Waals surface area (Å²) in [5.41, 5.74) is 11.7. The number of anilines is 1. The van der Waals surface area contributed by atoms with E-state index in [1.54, 1.807) is 0 Å². The Morgan fingerprint density at radius 1 is 1.21 bits per heavy atom. The van der Waals surface area contributed by atoms with Crippen molar-refractivity contribution in [2.75, 3.05) is 18.0 Å². The Morgan fingerprint density at radius 2 is 1.79 bits per heavy atom. The van der Waals surface area contributed by atoms with E-state index in [2.05, 4.69) is 51.7 Å². The maximum atomic E-state index is 5.99. The van der Waals surface area contributed by atoms with E-state index in [0.29, 0.717) is 5.92 Å². The van der Waals surface area contributed by atoms with Crippen LogP contribution in [0.2, 0.25) is 0 Å². The highest BCUT2D eigenvalue weighted by Gasteiger charge is 2.38. The van der Waals surface area contributed by atoms with Crippen LogP contribution in [0.5, 0.6) is 0 Å². The Balaban J connectivity index is 2.46. The molecule has 0 spiro atoms. The molecule has 2 N–H and O–H groups in total. The molecule has 0 amide bonds. The lowest BCUT2D eigenvalue weighted by Gasteiger charge is -2.50. The second kappa shape index (κ2) is 5.16. The molecule has 0 saturated carbocycles. The van der Waals surface area contributed by atoms with Crippen LogP contribution in [0.25, 0.3) is 0 Å². The van der Waals surface area contributed by atoms with Crippen LogP contribution in [0.4, 0.5) is 5.69 Å². The van der Waals surface area contributed by atoms with Crippen molar-refractivity contribution in [3.8, 4) is 0 Å². The van der Waals surface area contributed by atoms with Crippen LogP contribution < -0.4 is 10.6 Å². The second-order valence-corrected chi connectivity index (χ2v) is 6.63. The van der Waals surface area contributed by atoms with Gasteiger partial charge in [0.15, 0.2) is 0 Å². The number of rotatable bonds is 2. The molecule has 1 aromatic carbocycles. The number of nitrogens with zero attached hydrogens (tertiary/aromatic N) is 1. The predicted octanol–water partition coefficient (Wildman–Crippen LogP) is 3.57. The van der Waals surface area contributed by atoms with Crippen molar-refractivity contribution in [3.63, 3.8) is 0 Å². The minimum Gasteiger partial charge on any atom is -0.366 e. The van der Waals surface area contributed by atoms with Crippen molar-refractivity contribution < 1.29 is 0 Å². The van der Waals surface area contributed by atoms with Gasteiger partial charge in [0, 0.05) is 17.8 Å². The molecule has 1 atom stereocenters. The number of nitrogens with two attached hydrogens (primary N) is 1. The maximum Gasteiger partial charge on any atom is 0.0430 e. The van der Waals surface area contributed by atoms with Gasteiger partial charge in [0.2, 0.25) is 0 Å². The average Bonchev–Trinajstić information content (AvgIpc) is 2.29. The van der Waals surface area contributed by atoms with Crippen molar-refractivity contribution in [3.05, 3.63) is 28.8 Å². The van der Waals surface area contributed by atoms with Crippen LogP contribution in [-0.2, 0) is 0 Å². The molecular formula is C17H28N2. The molecule has 0 aliphatic carbocycles. The van der Waals surface area contributed by atoms with Gasteiger partial charge in [0.05, 0.1) is 0 Å². The minimum atomic E-state index is 0.151. The monoisotopic (exact) mass is 260 g/mol. The first-order valence-corrected chi connectivity index (χ1v) is 7.43. The molecule has 1 unspecified atom stereocenters. The molecule has 1 fully saturated rings. The van der Waals surface area contributed by atoms with Crippen LogP contribution in [0.15, 0.2) is 12.1 Å². The van der Waals surface area contributed by atoms with Crippen molar-refractivity contribution in [2.45, 2.75) is 53.0 Å². The minimum absolute atomic E-state index is 0.151. The normalized spacial score (nSPS) is 22.6. The highest BCUT2D eigenvalue weighted by atomic mass is 15.2. The molecule has 1 saturated heterocycles. The lowest BCUT2D eigenvalue weighted by atomic mass is 9.78. The summed E-state index contributed by atoms with van der Waals surface area (Å²) in [7, 11) is 0. The molecule has 19 heavy (non-hydrogen) atoms. The fourth-order valence-electron chi connectivity index (χ4n) is 3.76. The zero-order valence-electron chi connectivity index (χ0n) is 13.1. The SMILES string of the molecule is Cc1cc(C)c(N2CCCC(CN)C2(C)C)c(C)c1. The van der Waals surface area contributed by atoms with E-state index in [0.717, 1.165) is 13.1 Å². The third kappa shape index (κ3) is 2.51. The number of aryl methyl sites for hydroxylation is 3. The van der Waals surface area contributed by atoms with Gasteiger partial charge in [-0.05, 0) is 71.0 Å². The first-order valence-electron chi connectivity index (χ1n) is 7.43. The Morgan fingerprint density at radius 3 is 2.32 bits per heavy atom. The average molecular weight is 260 g/mol. The van der Waals surface area contributed by atoms with Gasteiger partial charge >= 0.3 is 0 Å². The van der Waals surface area contributed by atoms with Gasteiger partial charge < -0.3 is 10.6 Å². The van der Waals surface area contributed by atoms with Crippen LogP contribution in [0.1, 0.15) is 43.4 Å². The Hall–Kier alpha value is -1.02. The van der Waals surface area contributed by atoms with Crippen LogP contribution in [0.3, 0.4) is 0 Å². The van der Waals surface area contributed by atoms with Crippen molar-refractivity contribution in [1.82, 2.24) is 0 Å². The summed E-state index contributed by atoms with van der Waals surface area (Å²) in [6.07, 6.45) is 2.50. The first-order chi connectivity index (χ1) is 8.87. The second-order valence-electron chi connectivity index (χ2n) is 6.63. The van der Waals surface area contributed by atoms with E-state index in [-0.39, 0.29) is 5.54 Å². The van der Waals surface area contributed by atoms with Crippen molar-refractivity contribution in [1.29, 1.82) is 0 Å². The largest absolute Gasteiger partial charge is 0.366 e.